The fourth-order valence-electron chi connectivity index (χ4n) is 3.71. The van der Waals surface area contributed by atoms with Crippen molar-refractivity contribution in [2.45, 2.75) is 37.7 Å². The maximum Gasteiger partial charge on any atom is 0.248 e. The first kappa shape index (κ1) is 16.1. The Kier molecular flexibility index (Phi) is 4.35. The van der Waals surface area contributed by atoms with Crippen molar-refractivity contribution in [1.82, 2.24) is 9.80 Å². The number of rotatable bonds is 4. The van der Waals surface area contributed by atoms with Crippen molar-refractivity contribution in [3.8, 4) is 0 Å². The molecule has 3 fully saturated rings. The van der Waals surface area contributed by atoms with Gasteiger partial charge >= 0.3 is 0 Å². The minimum atomic E-state index is -0.234. The minimum absolute atomic E-state index is 0.128. The second kappa shape index (κ2) is 6.48. The number of ether oxygens (including phenoxy) is 1. The number of hydrogen-bond donors (Lipinski definition) is 0. The Morgan fingerprint density at radius 1 is 1.33 bits per heavy atom. The summed E-state index contributed by atoms with van der Waals surface area (Å²) in [6.07, 6.45) is 4.66. The van der Waals surface area contributed by atoms with Gasteiger partial charge in [0.15, 0.2) is 0 Å². The average molecular weight is 348 g/mol. The number of amides is 2. The molecule has 1 aromatic rings. The Bertz CT molecular complexity index is 604. The highest BCUT2D eigenvalue weighted by molar-refractivity contribution is 7.08. The number of hydrogen-bond acceptors (Lipinski definition) is 4. The summed E-state index contributed by atoms with van der Waals surface area (Å²) in [5, 5.41) is 4.05. The topological polar surface area (TPSA) is 49.9 Å². The molecule has 1 aromatic heterocycles. The van der Waals surface area contributed by atoms with E-state index in [-0.39, 0.29) is 24.0 Å². The molecule has 3 heterocycles. The standard InChI is InChI=1S/C18H24N2O3S/c21-16(9-15-3-8-24-12-15)19-6-4-18(5-7-19)13-20(10-14-1-2-14)17(22)11-23-18/h3,8,12,14H,1-2,4-7,9-11,13H2. The molecule has 0 radical (unpaired) electrons. The summed E-state index contributed by atoms with van der Waals surface area (Å²) < 4.78 is 5.96. The van der Waals surface area contributed by atoms with Crippen LogP contribution < -0.4 is 0 Å². The normalized spacial score (nSPS) is 23.8. The molecule has 130 valence electrons. The molecule has 2 aliphatic heterocycles. The summed E-state index contributed by atoms with van der Waals surface area (Å²) in [5.41, 5.74) is 0.863. The fourth-order valence-corrected chi connectivity index (χ4v) is 4.38. The number of nitrogens with zero attached hydrogens (tertiary/aromatic N) is 2. The second-order valence-electron chi connectivity index (χ2n) is 7.38. The van der Waals surface area contributed by atoms with Gasteiger partial charge in [-0.2, -0.15) is 11.3 Å². The zero-order valence-electron chi connectivity index (χ0n) is 13.9. The second-order valence-corrected chi connectivity index (χ2v) is 8.16. The SMILES string of the molecule is O=C(Cc1ccsc1)N1CCC2(CC1)CN(CC1CC1)C(=O)CO2. The summed E-state index contributed by atoms with van der Waals surface area (Å²) >= 11 is 1.63. The van der Waals surface area contributed by atoms with Crippen molar-refractivity contribution in [2.24, 2.45) is 5.92 Å². The number of carbonyl (C=O) groups excluding carboxylic acids is 2. The molecule has 0 atom stereocenters. The van der Waals surface area contributed by atoms with Crippen LogP contribution in [0.5, 0.6) is 0 Å². The Labute approximate surface area is 146 Å². The van der Waals surface area contributed by atoms with Crippen LogP contribution in [0.25, 0.3) is 0 Å². The van der Waals surface area contributed by atoms with Crippen LogP contribution in [0.4, 0.5) is 0 Å². The van der Waals surface area contributed by atoms with Gasteiger partial charge in [-0.15, -0.1) is 0 Å². The highest BCUT2D eigenvalue weighted by Crippen LogP contribution is 2.34. The maximum absolute atomic E-state index is 12.4. The van der Waals surface area contributed by atoms with Gasteiger partial charge in [-0.05, 0) is 54.0 Å². The Balaban J connectivity index is 1.32. The lowest BCUT2D eigenvalue weighted by atomic mass is 9.89. The van der Waals surface area contributed by atoms with E-state index < -0.39 is 0 Å². The van der Waals surface area contributed by atoms with Gasteiger partial charge in [0.1, 0.15) is 6.61 Å². The molecule has 0 N–H and O–H groups in total. The molecule has 1 saturated carbocycles. The van der Waals surface area contributed by atoms with E-state index in [0.717, 1.165) is 38.0 Å². The van der Waals surface area contributed by atoms with Gasteiger partial charge < -0.3 is 14.5 Å². The van der Waals surface area contributed by atoms with Crippen LogP contribution in [0.2, 0.25) is 0 Å². The third kappa shape index (κ3) is 3.49. The zero-order chi connectivity index (χ0) is 16.6. The number of carbonyl (C=O) groups is 2. The van der Waals surface area contributed by atoms with E-state index in [1.165, 1.54) is 12.8 Å². The maximum atomic E-state index is 12.4. The first-order valence-corrected chi connectivity index (χ1v) is 9.78. The molecule has 5 nitrogen and oxygen atoms in total. The van der Waals surface area contributed by atoms with Gasteiger partial charge in [0, 0.05) is 26.2 Å². The highest BCUT2D eigenvalue weighted by atomic mass is 32.1. The molecule has 3 aliphatic rings. The monoisotopic (exact) mass is 348 g/mol. The van der Waals surface area contributed by atoms with Crippen LogP contribution in [0.15, 0.2) is 16.8 Å². The molecule has 1 aliphatic carbocycles. The van der Waals surface area contributed by atoms with Crippen molar-refractivity contribution in [3.63, 3.8) is 0 Å². The van der Waals surface area contributed by atoms with Crippen LogP contribution in [-0.4, -0.2) is 60.0 Å². The van der Waals surface area contributed by atoms with Gasteiger partial charge in [0.05, 0.1) is 12.0 Å². The lowest BCUT2D eigenvalue weighted by Gasteiger charge is -2.47. The van der Waals surface area contributed by atoms with Crippen LogP contribution in [0.1, 0.15) is 31.2 Å². The predicted octanol–water partition coefficient (Wildman–Crippen LogP) is 1.92. The highest BCUT2D eigenvalue weighted by Gasteiger charge is 2.43. The summed E-state index contributed by atoms with van der Waals surface area (Å²) in [6, 6.07) is 2.01. The van der Waals surface area contributed by atoms with Crippen molar-refractivity contribution >= 4 is 23.2 Å². The third-order valence-electron chi connectivity index (χ3n) is 5.47. The van der Waals surface area contributed by atoms with Crippen LogP contribution >= 0.6 is 11.3 Å². The van der Waals surface area contributed by atoms with E-state index in [2.05, 4.69) is 0 Å². The smallest absolute Gasteiger partial charge is 0.248 e. The lowest BCUT2D eigenvalue weighted by molar-refractivity contribution is -0.173. The molecule has 24 heavy (non-hydrogen) atoms. The minimum Gasteiger partial charge on any atom is -0.363 e. The molecular weight excluding hydrogens is 324 g/mol. The summed E-state index contributed by atoms with van der Waals surface area (Å²) in [6.45, 7) is 3.26. The largest absolute Gasteiger partial charge is 0.363 e. The van der Waals surface area contributed by atoms with Crippen LogP contribution in [-0.2, 0) is 20.7 Å². The van der Waals surface area contributed by atoms with Gasteiger partial charge in [-0.25, -0.2) is 0 Å². The van der Waals surface area contributed by atoms with Crippen molar-refractivity contribution in [2.75, 3.05) is 32.8 Å². The average Bonchev–Trinajstić information content (AvgIpc) is 3.25. The summed E-state index contributed by atoms with van der Waals surface area (Å²) in [7, 11) is 0. The molecule has 6 heteroatoms. The fraction of sp³-hybridized carbons (Fsp3) is 0.667. The van der Waals surface area contributed by atoms with E-state index >= 15 is 0 Å². The van der Waals surface area contributed by atoms with Crippen molar-refractivity contribution in [1.29, 1.82) is 0 Å². The number of morpholine rings is 1. The van der Waals surface area contributed by atoms with E-state index in [0.29, 0.717) is 18.9 Å². The van der Waals surface area contributed by atoms with Gasteiger partial charge in [-0.1, -0.05) is 0 Å². The van der Waals surface area contributed by atoms with Crippen LogP contribution in [0.3, 0.4) is 0 Å². The van der Waals surface area contributed by atoms with E-state index in [9.17, 15) is 9.59 Å². The number of likely N-dealkylation sites (tertiary alicyclic amines) is 1. The third-order valence-corrected chi connectivity index (χ3v) is 6.20. The predicted molar refractivity (Wildman–Crippen MR) is 91.8 cm³/mol. The summed E-state index contributed by atoms with van der Waals surface area (Å²) in [5.74, 6) is 1.03. The van der Waals surface area contributed by atoms with Crippen LogP contribution in [0, 0.1) is 5.92 Å². The molecule has 1 spiro atoms. The molecule has 4 rings (SSSR count). The molecule has 0 aromatic carbocycles. The Morgan fingerprint density at radius 2 is 2.12 bits per heavy atom. The van der Waals surface area contributed by atoms with Gasteiger partial charge in [0.2, 0.25) is 11.8 Å². The Hall–Kier alpha value is -1.40. The van der Waals surface area contributed by atoms with E-state index in [1.807, 2.05) is 26.6 Å². The van der Waals surface area contributed by atoms with Gasteiger partial charge in [0.25, 0.3) is 0 Å². The number of piperidine rings is 1. The Morgan fingerprint density at radius 3 is 2.79 bits per heavy atom. The van der Waals surface area contributed by atoms with Gasteiger partial charge in [-0.3, -0.25) is 9.59 Å². The first-order valence-electron chi connectivity index (χ1n) is 8.84. The number of thiophene rings is 1. The van der Waals surface area contributed by atoms with Crippen molar-refractivity contribution < 1.29 is 14.3 Å². The molecule has 0 bridgehead atoms. The quantitative estimate of drug-likeness (QED) is 0.835. The molecule has 0 unspecified atom stereocenters. The van der Waals surface area contributed by atoms with Crippen molar-refractivity contribution in [3.05, 3.63) is 22.4 Å². The molecular formula is C18H24N2O3S. The zero-order valence-corrected chi connectivity index (χ0v) is 14.7. The van der Waals surface area contributed by atoms with E-state index in [4.69, 9.17) is 4.74 Å². The molecule has 2 amide bonds. The summed E-state index contributed by atoms with van der Waals surface area (Å²) in [4.78, 5) is 28.5. The molecule has 2 saturated heterocycles. The first-order chi connectivity index (χ1) is 11.6. The lowest BCUT2D eigenvalue weighted by Crippen LogP contribution is -2.59. The van der Waals surface area contributed by atoms with E-state index in [1.54, 1.807) is 11.3 Å².